The summed E-state index contributed by atoms with van der Waals surface area (Å²) >= 11 is 0. The number of benzene rings is 1. The first-order valence-corrected chi connectivity index (χ1v) is 8.95. The number of carbonyl (C=O) groups is 1. The van der Waals surface area contributed by atoms with E-state index in [4.69, 9.17) is 9.47 Å². The molecule has 1 aromatic carbocycles. The van der Waals surface area contributed by atoms with Crippen molar-refractivity contribution in [3.63, 3.8) is 0 Å². The van der Waals surface area contributed by atoms with Crippen LogP contribution in [-0.2, 0) is 16.8 Å². The minimum Gasteiger partial charge on any atom is -0.493 e. The summed E-state index contributed by atoms with van der Waals surface area (Å²) in [4.78, 5) is 17.2. The third-order valence-electron chi connectivity index (χ3n) is 5.13. The van der Waals surface area contributed by atoms with Crippen molar-refractivity contribution in [1.82, 2.24) is 20.1 Å². The SMILES string of the molecule is COc1ccc(C2(C(=O)N[C@@H](C)Cn3cncn3)CCCC2)cc1OC. The van der Waals surface area contributed by atoms with Gasteiger partial charge in [-0.1, -0.05) is 18.9 Å². The predicted octanol–water partition coefficient (Wildman–Crippen LogP) is 2.31. The second kappa shape index (κ2) is 7.76. The van der Waals surface area contributed by atoms with E-state index in [9.17, 15) is 4.79 Å². The Morgan fingerprint density at radius 1 is 1.27 bits per heavy atom. The number of hydrogen-bond donors (Lipinski definition) is 1. The summed E-state index contributed by atoms with van der Waals surface area (Å²) < 4.78 is 12.5. The number of rotatable bonds is 7. The molecule has 0 bridgehead atoms. The van der Waals surface area contributed by atoms with Gasteiger partial charge >= 0.3 is 0 Å². The average Bonchev–Trinajstić information content (AvgIpc) is 3.33. The van der Waals surface area contributed by atoms with Gasteiger partial charge in [-0.25, -0.2) is 4.98 Å². The Hall–Kier alpha value is -2.57. The number of hydrogen-bond acceptors (Lipinski definition) is 5. The number of nitrogens with one attached hydrogen (secondary N) is 1. The van der Waals surface area contributed by atoms with Crippen LogP contribution in [0.1, 0.15) is 38.2 Å². The second-order valence-electron chi connectivity index (χ2n) is 6.85. The number of methoxy groups -OCH3 is 2. The summed E-state index contributed by atoms with van der Waals surface area (Å²) in [6.07, 6.45) is 6.91. The van der Waals surface area contributed by atoms with Gasteiger partial charge in [0.2, 0.25) is 5.91 Å². The van der Waals surface area contributed by atoms with E-state index < -0.39 is 5.41 Å². The molecule has 7 nitrogen and oxygen atoms in total. The lowest BCUT2D eigenvalue weighted by atomic mass is 9.77. The van der Waals surface area contributed by atoms with Gasteiger partial charge in [-0.05, 0) is 37.5 Å². The molecule has 0 saturated heterocycles. The molecule has 0 aliphatic heterocycles. The molecule has 1 N–H and O–H groups in total. The molecule has 7 heteroatoms. The van der Waals surface area contributed by atoms with E-state index in [-0.39, 0.29) is 11.9 Å². The summed E-state index contributed by atoms with van der Waals surface area (Å²) in [6, 6.07) is 5.75. The Morgan fingerprint density at radius 2 is 2.00 bits per heavy atom. The molecule has 1 amide bonds. The molecule has 1 atom stereocenters. The van der Waals surface area contributed by atoms with Crippen molar-refractivity contribution >= 4 is 5.91 Å². The van der Waals surface area contributed by atoms with E-state index in [2.05, 4.69) is 15.4 Å². The maximum Gasteiger partial charge on any atom is 0.230 e. The molecule has 1 aromatic heterocycles. The Morgan fingerprint density at radius 3 is 2.62 bits per heavy atom. The smallest absolute Gasteiger partial charge is 0.230 e. The lowest BCUT2D eigenvalue weighted by Gasteiger charge is -2.30. The van der Waals surface area contributed by atoms with Crippen LogP contribution >= 0.6 is 0 Å². The minimum absolute atomic E-state index is 0.0400. The molecule has 1 saturated carbocycles. The highest BCUT2D eigenvalue weighted by Gasteiger charge is 2.43. The number of nitrogens with zero attached hydrogens (tertiary/aromatic N) is 3. The van der Waals surface area contributed by atoms with Crippen molar-refractivity contribution in [3.8, 4) is 11.5 Å². The van der Waals surface area contributed by atoms with Crippen molar-refractivity contribution in [2.75, 3.05) is 14.2 Å². The largest absolute Gasteiger partial charge is 0.493 e. The number of aromatic nitrogens is 3. The highest BCUT2D eigenvalue weighted by atomic mass is 16.5. The van der Waals surface area contributed by atoms with Crippen LogP contribution in [0.15, 0.2) is 30.9 Å². The third-order valence-corrected chi connectivity index (χ3v) is 5.13. The highest BCUT2D eigenvalue weighted by molar-refractivity contribution is 5.89. The van der Waals surface area contributed by atoms with Crippen LogP contribution in [-0.4, -0.2) is 40.9 Å². The van der Waals surface area contributed by atoms with Crippen LogP contribution in [0, 0.1) is 0 Å². The zero-order chi connectivity index (χ0) is 18.6. The van der Waals surface area contributed by atoms with Crippen molar-refractivity contribution in [2.24, 2.45) is 0 Å². The number of carbonyl (C=O) groups excluding carboxylic acids is 1. The molecular formula is C19H26N4O3. The molecular weight excluding hydrogens is 332 g/mol. The zero-order valence-electron chi connectivity index (χ0n) is 15.6. The standard InChI is InChI=1S/C19H26N4O3/c1-14(11-23-13-20-12-21-23)22-18(24)19(8-4-5-9-19)15-6-7-16(25-2)17(10-15)26-3/h6-7,10,12-14H,4-5,8-9,11H2,1-3H3,(H,22,24)/t14-/m0/s1. The third kappa shape index (κ3) is 3.52. The maximum atomic E-state index is 13.2. The molecule has 0 unspecified atom stereocenters. The molecule has 2 aromatic rings. The summed E-state index contributed by atoms with van der Waals surface area (Å²) in [5.74, 6) is 1.39. The Balaban J connectivity index is 1.82. The van der Waals surface area contributed by atoms with E-state index in [0.717, 1.165) is 31.2 Å². The lowest BCUT2D eigenvalue weighted by Crippen LogP contribution is -2.47. The van der Waals surface area contributed by atoms with E-state index in [1.165, 1.54) is 6.33 Å². The first-order chi connectivity index (χ1) is 12.6. The maximum absolute atomic E-state index is 13.2. The zero-order valence-corrected chi connectivity index (χ0v) is 15.6. The second-order valence-corrected chi connectivity index (χ2v) is 6.85. The predicted molar refractivity (Wildman–Crippen MR) is 97.3 cm³/mol. The van der Waals surface area contributed by atoms with Crippen molar-refractivity contribution < 1.29 is 14.3 Å². The summed E-state index contributed by atoms with van der Waals surface area (Å²) in [6.45, 7) is 2.57. The van der Waals surface area contributed by atoms with Crippen LogP contribution in [0.4, 0.5) is 0 Å². The van der Waals surface area contributed by atoms with Crippen LogP contribution in [0.25, 0.3) is 0 Å². The first kappa shape index (κ1) is 18.2. The van der Waals surface area contributed by atoms with Gasteiger partial charge in [0.25, 0.3) is 0 Å². The van der Waals surface area contributed by atoms with Gasteiger partial charge < -0.3 is 14.8 Å². The molecule has 3 rings (SSSR count). The van der Waals surface area contributed by atoms with Crippen LogP contribution in [0.2, 0.25) is 0 Å². The van der Waals surface area contributed by atoms with Gasteiger partial charge in [-0.3, -0.25) is 9.48 Å². The van der Waals surface area contributed by atoms with Gasteiger partial charge in [0.15, 0.2) is 11.5 Å². The van der Waals surface area contributed by atoms with Gasteiger partial charge in [-0.2, -0.15) is 5.10 Å². The Labute approximate surface area is 153 Å². The fourth-order valence-corrected chi connectivity index (χ4v) is 3.77. The first-order valence-electron chi connectivity index (χ1n) is 8.95. The topological polar surface area (TPSA) is 78.3 Å². The quantitative estimate of drug-likeness (QED) is 0.822. The summed E-state index contributed by atoms with van der Waals surface area (Å²) in [5, 5.41) is 7.27. The molecule has 1 fully saturated rings. The Bertz CT molecular complexity index is 739. The Kier molecular flexibility index (Phi) is 5.44. The van der Waals surface area contributed by atoms with E-state index >= 15 is 0 Å². The molecule has 1 heterocycles. The molecule has 1 aliphatic carbocycles. The summed E-state index contributed by atoms with van der Waals surface area (Å²) in [7, 11) is 3.23. The van der Waals surface area contributed by atoms with Crippen molar-refractivity contribution in [3.05, 3.63) is 36.4 Å². The molecule has 26 heavy (non-hydrogen) atoms. The summed E-state index contributed by atoms with van der Waals surface area (Å²) in [5.41, 5.74) is 0.467. The lowest BCUT2D eigenvalue weighted by molar-refractivity contribution is -0.127. The minimum atomic E-state index is -0.518. The van der Waals surface area contributed by atoms with E-state index in [0.29, 0.717) is 18.0 Å². The number of amides is 1. The van der Waals surface area contributed by atoms with Gasteiger partial charge in [0, 0.05) is 6.04 Å². The molecule has 0 spiro atoms. The highest BCUT2D eigenvalue weighted by Crippen LogP contribution is 2.44. The molecule has 0 radical (unpaired) electrons. The number of ether oxygens (including phenoxy) is 2. The van der Waals surface area contributed by atoms with Crippen LogP contribution in [0.5, 0.6) is 11.5 Å². The average molecular weight is 358 g/mol. The van der Waals surface area contributed by atoms with Gasteiger partial charge in [0.05, 0.1) is 26.2 Å². The van der Waals surface area contributed by atoms with Gasteiger partial charge in [-0.15, -0.1) is 0 Å². The van der Waals surface area contributed by atoms with E-state index in [1.54, 1.807) is 25.2 Å². The fourth-order valence-electron chi connectivity index (χ4n) is 3.77. The fraction of sp³-hybridized carbons (Fsp3) is 0.526. The normalized spacial score (nSPS) is 16.9. The van der Waals surface area contributed by atoms with E-state index in [1.807, 2.05) is 25.1 Å². The molecule has 140 valence electrons. The monoisotopic (exact) mass is 358 g/mol. The van der Waals surface area contributed by atoms with Crippen molar-refractivity contribution in [1.29, 1.82) is 0 Å². The van der Waals surface area contributed by atoms with Crippen LogP contribution in [0.3, 0.4) is 0 Å². The molecule has 1 aliphatic rings. The van der Waals surface area contributed by atoms with Gasteiger partial charge in [0.1, 0.15) is 12.7 Å². The van der Waals surface area contributed by atoms with Crippen molar-refractivity contribution in [2.45, 2.75) is 50.6 Å². The van der Waals surface area contributed by atoms with Crippen LogP contribution < -0.4 is 14.8 Å².